The number of rotatable bonds is 8. The quantitative estimate of drug-likeness (QED) is 0.197. The molecule has 0 spiro atoms. The van der Waals surface area contributed by atoms with E-state index in [1.807, 2.05) is 49.4 Å². The molecule has 0 bridgehead atoms. The molecule has 35 heavy (non-hydrogen) atoms. The number of aromatic nitrogens is 1. The summed E-state index contributed by atoms with van der Waals surface area (Å²) in [5, 5.41) is 0.630. The summed E-state index contributed by atoms with van der Waals surface area (Å²) in [6.07, 6.45) is 0. The molecule has 0 aliphatic heterocycles. The van der Waals surface area contributed by atoms with Crippen LogP contribution in [-0.2, 0) is 9.53 Å². The fourth-order valence-corrected chi connectivity index (χ4v) is 3.55. The second-order valence-corrected chi connectivity index (χ2v) is 7.65. The first-order valence-corrected chi connectivity index (χ1v) is 11.1. The summed E-state index contributed by atoms with van der Waals surface area (Å²) >= 11 is 0. The molecule has 0 N–H and O–H groups in total. The van der Waals surface area contributed by atoms with E-state index in [9.17, 15) is 14.4 Å². The molecule has 0 atom stereocenters. The number of hydrogen-bond donors (Lipinski definition) is 0. The van der Waals surface area contributed by atoms with Crippen molar-refractivity contribution < 1.29 is 28.6 Å². The van der Waals surface area contributed by atoms with E-state index in [0.717, 1.165) is 11.3 Å². The Morgan fingerprint density at radius 3 is 2.23 bits per heavy atom. The molecule has 1 aromatic heterocycles. The average Bonchev–Trinajstić information content (AvgIpc) is 2.87. The minimum atomic E-state index is -0.624. The van der Waals surface area contributed by atoms with E-state index < -0.39 is 18.5 Å². The zero-order valence-corrected chi connectivity index (χ0v) is 19.3. The van der Waals surface area contributed by atoms with Crippen molar-refractivity contribution in [2.24, 2.45) is 0 Å². The molecule has 3 aromatic carbocycles. The van der Waals surface area contributed by atoms with Crippen molar-refractivity contribution in [3.8, 4) is 22.8 Å². The van der Waals surface area contributed by atoms with E-state index in [1.165, 1.54) is 31.2 Å². The second-order valence-electron chi connectivity index (χ2n) is 7.65. The van der Waals surface area contributed by atoms with Crippen LogP contribution in [0.15, 0.2) is 78.9 Å². The van der Waals surface area contributed by atoms with Gasteiger partial charge in [0.05, 0.1) is 23.4 Å². The van der Waals surface area contributed by atoms with Gasteiger partial charge in [-0.25, -0.2) is 9.78 Å². The van der Waals surface area contributed by atoms with Crippen LogP contribution in [-0.4, -0.2) is 35.9 Å². The highest BCUT2D eigenvalue weighted by atomic mass is 16.5. The topological polar surface area (TPSA) is 91.8 Å². The van der Waals surface area contributed by atoms with Crippen LogP contribution in [0.25, 0.3) is 22.2 Å². The van der Waals surface area contributed by atoms with E-state index in [0.29, 0.717) is 40.1 Å². The molecule has 7 heteroatoms. The molecule has 0 unspecified atom stereocenters. The number of benzene rings is 3. The molecule has 4 aromatic rings. The number of nitrogens with zero attached hydrogens (tertiary/aromatic N) is 1. The highest BCUT2D eigenvalue weighted by Crippen LogP contribution is 2.27. The molecular weight excluding hydrogens is 446 g/mol. The molecule has 0 saturated heterocycles. The lowest BCUT2D eigenvalue weighted by Crippen LogP contribution is -2.15. The molecule has 0 fully saturated rings. The molecule has 0 radical (unpaired) electrons. The fraction of sp³-hybridized carbons (Fsp3) is 0.143. The highest BCUT2D eigenvalue weighted by molar-refractivity contribution is 6.06. The molecule has 4 rings (SSSR count). The number of hydrogen-bond acceptors (Lipinski definition) is 7. The molecule has 1 heterocycles. The van der Waals surface area contributed by atoms with Crippen LogP contribution in [0, 0.1) is 0 Å². The monoisotopic (exact) mass is 469 g/mol. The molecule has 7 nitrogen and oxygen atoms in total. The fourth-order valence-electron chi connectivity index (χ4n) is 3.55. The summed E-state index contributed by atoms with van der Waals surface area (Å²) in [5.41, 5.74) is 2.71. The number of ether oxygens (including phenoxy) is 3. The van der Waals surface area contributed by atoms with Gasteiger partial charge in [-0.15, -0.1) is 0 Å². The van der Waals surface area contributed by atoms with Gasteiger partial charge >= 0.3 is 11.9 Å². The van der Waals surface area contributed by atoms with Gasteiger partial charge in [-0.3, -0.25) is 9.59 Å². The van der Waals surface area contributed by atoms with Crippen LogP contribution in [0.2, 0.25) is 0 Å². The van der Waals surface area contributed by atoms with E-state index >= 15 is 0 Å². The van der Waals surface area contributed by atoms with Crippen LogP contribution in [0.3, 0.4) is 0 Å². The van der Waals surface area contributed by atoms with Gasteiger partial charge in [-0.05, 0) is 67.6 Å². The van der Waals surface area contributed by atoms with Gasteiger partial charge in [0.1, 0.15) is 11.5 Å². The van der Waals surface area contributed by atoms with E-state index in [1.54, 1.807) is 12.1 Å². The number of carbonyl (C=O) groups excluding carboxylic acids is 3. The Balaban J connectivity index is 1.54. The number of pyridine rings is 1. The molecule has 0 aliphatic rings. The highest BCUT2D eigenvalue weighted by Gasteiger charge is 2.17. The van der Waals surface area contributed by atoms with Gasteiger partial charge in [-0.1, -0.05) is 18.2 Å². The SMILES string of the molecule is CCOc1ccc(-c2cc(C(=O)OCC(=O)c3ccc(OC(C)=O)cc3)c3ccccc3n2)cc1. The summed E-state index contributed by atoms with van der Waals surface area (Å²) in [4.78, 5) is 41.3. The summed E-state index contributed by atoms with van der Waals surface area (Å²) < 4.78 is 15.8. The number of fused-ring (bicyclic) bond motifs is 1. The van der Waals surface area contributed by atoms with Crippen molar-refractivity contribution in [3.63, 3.8) is 0 Å². The van der Waals surface area contributed by atoms with Crippen LogP contribution < -0.4 is 9.47 Å². The normalized spacial score (nSPS) is 10.6. The first kappa shape index (κ1) is 23.6. The Kier molecular flexibility index (Phi) is 7.16. The van der Waals surface area contributed by atoms with E-state index in [4.69, 9.17) is 14.2 Å². The number of esters is 2. The minimum Gasteiger partial charge on any atom is -0.494 e. The van der Waals surface area contributed by atoms with Crippen molar-refractivity contribution in [2.45, 2.75) is 13.8 Å². The van der Waals surface area contributed by atoms with Gasteiger partial charge in [0.2, 0.25) is 0 Å². The van der Waals surface area contributed by atoms with E-state index in [-0.39, 0.29) is 5.78 Å². The molecule has 0 aliphatic carbocycles. The lowest BCUT2D eigenvalue weighted by molar-refractivity contribution is -0.131. The summed E-state index contributed by atoms with van der Waals surface area (Å²) in [5.74, 6) is -0.377. The maximum absolute atomic E-state index is 13.0. The van der Waals surface area contributed by atoms with E-state index in [2.05, 4.69) is 4.98 Å². The third-order valence-corrected chi connectivity index (χ3v) is 5.17. The van der Waals surface area contributed by atoms with Crippen molar-refractivity contribution in [1.82, 2.24) is 4.98 Å². The van der Waals surface area contributed by atoms with Crippen LogP contribution in [0.4, 0.5) is 0 Å². The Labute approximate surface area is 202 Å². The first-order chi connectivity index (χ1) is 16.9. The summed E-state index contributed by atoms with van der Waals surface area (Å²) in [7, 11) is 0. The summed E-state index contributed by atoms with van der Waals surface area (Å²) in [6, 6.07) is 22.4. The molecular formula is C28H23NO6. The predicted molar refractivity (Wildman–Crippen MR) is 131 cm³/mol. The summed E-state index contributed by atoms with van der Waals surface area (Å²) in [6.45, 7) is 3.35. The van der Waals surface area contributed by atoms with Crippen molar-refractivity contribution in [1.29, 1.82) is 0 Å². The van der Waals surface area contributed by atoms with Crippen LogP contribution >= 0.6 is 0 Å². The molecule has 0 saturated carbocycles. The molecule has 176 valence electrons. The van der Waals surface area contributed by atoms with Gasteiger partial charge < -0.3 is 14.2 Å². The Morgan fingerprint density at radius 2 is 1.54 bits per heavy atom. The third kappa shape index (κ3) is 5.70. The second kappa shape index (κ2) is 10.6. The standard InChI is InChI=1S/C28H23NO6/c1-3-33-21-12-8-19(9-13-21)26-16-24(23-6-4-5-7-25(23)29-26)28(32)34-17-27(31)20-10-14-22(15-11-20)35-18(2)30/h4-16H,3,17H2,1-2H3. The first-order valence-electron chi connectivity index (χ1n) is 11.1. The van der Waals surface area contributed by atoms with Crippen molar-refractivity contribution in [3.05, 3.63) is 90.0 Å². The van der Waals surface area contributed by atoms with Gasteiger partial charge in [-0.2, -0.15) is 0 Å². The molecule has 0 amide bonds. The minimum absolute atomic E-state index is 0.317. The smallest absolute Gasteiger partial charge is 0.339 e. The maximum Gasteiger partial charge on any atom is 0.339 e. The van der Waals surface area contributed by atoms with Gasteiger partial charge in [0, 0.05) is 23.4 Å². The number of ketones is 1. The zero-order chi connectivity index (χ0) is 24.8. The predicted octanol–water partition coefficient (Wildman–Crippen LogP) is 5.27. The van der Waals surface area contributed by atoms with Crippen LogP contribution in [0.1, 0.15) is 34.6 Å². The Morgan fingerprint density at radius 1 is 0.857 bits per heavy atom. The number of Topliss-reactive ketones (excluding diaryl/α,β-unsaturated/α-hetero) is 1. The number of para-hydroxylation sites is 1. The Hall–Kier alpha value is -4.52. The van der Waals surface area contributed by atoms with Gasteiger partial charge in [0.15, 0.2) is 12.4 Å². The lowest BCUT2D eigenvalue weighted by atomic mass is 10.0. The number of carbonyl (C=O) groups is 3. The average molecular weight is 469 g/mol. The van der Waals surface area contributed by atoms with Crippen LogP contribution in [0.5, 0.6) is 11.5 Å². The van der Waals surface area contributed by atoms with Crippen molar-refractivity contribution >= 4 is 28.6 Å². The lowest BCUT2D eigenvalue weighted by Gasteiger charge is -2.11. The Bertz CT molecular complexity index is 1380. The van der Waals surface area contributed by atoms with Gasteiger partial charge in [0.25, 0.3) is 0 Å². The largest absolute Gasteiger partial charge is 0.494 e. The zero-order valence-electron chi connectivity index (χ0n) is 19.3. The maximum atomic E-state index is 13.0. The third-order valence-electron chi connectivity index (χ3n) is 5.17. The van der Waals surface area contributed by atoms with Crippen molar-refractivity contribution in [2.75, 3.05) is 13.2 Å².